The van der Waals surface area contributed by atoms with Crippen molar-refractivity contribution >= 4 is 0 Å². The molecule has 0 aromatic rings. The van der Waals surface area contributed by atoms with Crippen LogP contribution < -0.4 is 5.32 Å². The van der Waals surface area contributed by atoms with Crippen LogP contribution in [0.4, 0.5) is 0 Å². The summed E-state index contributed by atoms with van der Waals surface area (Å²) in [5, 5.41) is 13.0. The molecule has 0 aromatic carbocycles. The zero-order valence-corrected chi connectivity index (χ0v) is 13.7. The van der Waals surface area contributed by atoms with Crippen molar-refractivity contribution in [1.29, 1.82) is 0 Å². The molecule has 1 aliphatic carbocycles. The number of aliphatic hydroxyl groups excluding tert-OH is 1. The lowest BCUT2D eigenvalue weighted by atomic mass is 9.73. The standard InChI is InChI=1S/C16H34N2O/c1-12(2)13-7-8-15(17-5)14(9-13)10-18(6)16(3,4)11-19/h12-15,17,19H,7-11H2,1-6H3. The summed E-state index contributed by atoms with van der Waals surface area (Å²) in [5.74, 6) is 2.35. The summed E-state index contributed by atoms with van der Waals surface area (Å²) in [6.07, 6.45) is 3.96. The van der Waals surface area contributed by atoms with E-state index in [-0.39, 0.29) is 12.1 Å². The highest BCUT2D eigenvalue weighted by Crippen LogP contribution is 2.34. The minimum absolute atomic E-state index is 0.122. The number of hydrogen-bond acceptors (Lipinski definition) is 3. The number of hydrogen-bond donors (Lipinski definition) is 2. The minimum atomic E-state index is -0.122. The van der Waals surface area contributed by atoms with E-state index < -0.39 is 0 Å². The second-order valence-corrected chi connectivity index (χ2v) is 7.32. The fourth-order valence-electron chi connectivity index (χ4n) is 3.21. The van der Waals surface area contributed by atoms with E-state index in [4.69, 9.17) is 0 Å². The number of nitrogens with zero attached hydrogens (tertiary/aromatic N) is 1. The van der Waals surface area contributed by atoms with E-state index in [0.717, 1.165) is 18.4 Å². The van der Waals surface area contributed by atoms with Gasteiger partial charge in [0.2, 0.25) is 0 Å². The highest BCUT2D eigenvalue weighted by atomic mass is 16.3. The van der Waals surface area contributed by atoms with Gasteiger partial charge < -0.3 is 10.4 Å². The largest absolute Gasteiger partial charge is 0.394 e. The van der Waals surface area contributed by atoms with Crippen molar-refractivity contribution < 1.29 is 5.11 Å². The molecule has 2 N–H and O–H groups in total. The number of rotatable bonds is 6. The third kappa shape index (κ3) is 4.44. The molecule has 3 nitrogen and oxygen atoms in total. The lowest BCUT2D eigenvalue weighted by molar-refractivity contribution is 0.0451. The second kappa shape index (κ2) is 7.05. The Morgan fingerprint density at radius 1 is 1.32 bits per heavy atom. The van der Waals surface area contributed by atoms with Crippen LogP contribution in [0.5, 0.6) is 0 Å². The van der Waals surface area contributed by atoms with Gasteiger partial charge in [-0.15, -0.1) is 0 Å². The van der Waals surface area contributed by atoms with Crippen LogP contribution in [0, 0.1) is 17.8 Å². The predicted molar refractivity (Wildman–Crippen MR) is 82.3 cm³/mol. The van der Waals surface area contributed by atoms with Gasteiger partial charge in [-0.3, -0.25) is 4.90 Å². The monoisotopic (exact) mass is 270 g/mol. The van der Waals surface area contributed by atoms with Crippen molar-refractivity contribution in [2.45, 2.75) is 58.5 Å². The molecule has 0 spiro atoms. The molecule has 0 bridgehead atoms. The summed E-state index contributed by atoms with van der Waals surface area (Å²) in [6, 6.07) is 0.631. The first-order valence-corrected chi connectivity index (χ1v) is 7.81. The maximum Gasteiger partial charge on any atom is 0.0609 e. The molecule has 114 valence electrons. The van der Waals surface area contributed by atoms with Crippen LogP contribution in [0.25, 0.3) is 0 Å². The van der Waals surface area contributed by atoms with Crippen molar-refractivity contribution in [2.75, 3.05) is 27.2 Å². The van der Waals surface area contributed by atoms with Crippen LogP contribution in [0.15, 0.2) is 0 Å². The topological polar surface area (TPSA) is 35.5 Å². The zero-order chi connectivity index (χ0) is 14.6. The third-order valence-electron chi connectivity index (χ3n) is 5.27. The lowest BCUT2D eigenvalue weighted by Crippen LogP contribution is -2.51. The Morgan fingerprint density at radius 2 is 1.95 bits per heavy atom. The molecular weight excluding hydrogens is 236 g/mol. The summed E-state index contributed by atoms with van der Waals surface area (Å²) >= 11 is 0. The molecule has 1 saturated carbocycles. The van der Waals surface area contributed by atoms with Crippen molar-refractivity contribution in [3.63, 3.8) is 0 Å². The van der Waals surface area contributed by atoms with Crippen LogP contribution in [0.1, 0.15) is 47.0 Å². The van der Waals surface area contributed by atoms with Crippen LogP contribution in [0.3, 0.4) is 0 Å². The van der Waals surface area contributed by atoms with Gasteiger partial charge in [0.05, 0.1) is 6.61 Å². The van der Waals surface area contributed by atoms with E-state index in [0.29, 0.717) is 12.0 Å². The van der Waals surface area contributed by atoms with Crippen molar-refractivity contribution in [3.8, 4) is 0 Å². The molecule has 19 heavy (non-hydrogen) atoms. The van der Waals surface area contributed by atoms with E-state index in [9.17, 15) is 5.11 Å². The molecule has 0 aliphatic heterocycles. The Bertz CT molecular complexity index is 265. The second-order valence-electron chi connectivity index (χ2n) is 7.32. The van der Waals surface area contributed by atoms with Crippen LogP contribution in [-0.2, 0) is 0 Å². The zero-order valence-electron chi connectivity index (χ0n) is 13.7. The van der Waals surface area contributed by atoms with E-state index in [1.807, 2.05) is 0 Å². The predicted octanol–water partition coefficient (Wildman–Crippen LogP) is 2.35. The van der Waals surface area contributed by atoms with Gasteiger partial charge in [0.25, 0.3) is 0 Å². The Kier molecular flexibility index (Phi) is 6.28. The average molecular weight is 270 g/mol. The van der Waals surface area contributed by atoms with Crippen molar-refractivity contribution in [1.82, 2.24) is 10.2 Å². The van der Waals surface area contributed by atoms with Crippen molar-refractivity contribution in [3.05, 3.63) is 0 Å². The molecule has 0 heterocycles. The summed E-state index contributed by atoms with van der Waals surface area (Å²) in [4.78, 5) is 2.32. The quantitative estimate of drug-likeness (QED) is 0.778. The van der Waals surface area contributed by atoms with Gasteiger partial charge in [-0.1, -0.05) is 13.8 Å². The SMILES string of the molecule is CNC1CCC(C(C)C)CC1CN(C)C(C)(C)CO. The normalized spacial score (nSPS) is 29.2. The molecule has 3 heteroatoms. The van der Waals surface area contributed by atoms with E-state index in [1.54, 1.807) is 0 Å². The van der Waals surface area contributed by atoms with Crippen molar-refractivity contribution in [2.24, 2.45) is 17.8 Å². The van der Waals surface area contributed by atoms with Gasteiger partial charge in [-0.25, -0.2) is 0 Å². The van der Waals surface area contributed by atoms with Gasteiger partial charge >= 0.3 is 0 Å². The lowest BCUT2D eigenvalue weighted by Gasteiger charge is -2.43. The fraction of sp³-hybridized carbons (Fsp3) is 1.00. The van der Waals surface area contributed by atoms with Gasteiger partial charge in [-0.05, 0) is 65.0 Å². The number of aliphatic hydroxyl groups is 1. The molecule has 0 amide bonds. The Hall–Kier alpha value is -0.120. The van der Waals surface area contributed by atoms with Crippen LogP contribution in [0.2, 0.25) is 0 Å². The third-order valence-corrected chi connectivity index (χ3v) is 5.27. The number of likely N-dealkylation sites (N-methyl/N-ethyl adjacent to an activating group) is 1. The first kappa shape index (κ1) is 16.9. The summed E-state index contributed by atoms with van der Waals surface area (Å²) in [5.41, 5.74) is -0.122. The summed E-state index contributed by atoms with van der Waals surface area (Å²) in [6.45, 7) is 10.2. The minimum Gasteiger partial charge on any atom is -0.394 e. The van der Waals surface area contributed by atoms with Gasteiger partial charge in [0.1, 0.15) is 0 Å². The Morgan fingerprint density at radius 3 is 2.42 bits per heavy atom. The first-order valence-electron chi connectivity index (χ1n) is 7.81. The van der Waals surface area contributed by atoms with Crippen LogP contribution in [-0.4, -0.2) is 48.8 Å². The van der Waals surface area contributed by atoms with Crippen LogP contribution >= 0.6 is 0 Å². The Labute approximate surface area is 119 Å². The summed E-state index contributed by atoms with van der Waals surface area (Å²) in [7, 11) is 4.23. The maximum atomic E-state index is 9.50. The number of nitrogens with one attached hydrogen (secondary N) is 1. The molecule has 1 fully saturated rings. The molecule has 0 saturated heterocycles. The molecule has 0 radical (unpaired) electrons. The van der Waals surface area contributed by atoms with E-state index >= 15 is 0 Å². The summed E-state index contributed by atoms with van der Waals surface area (Å²) < 4.78 is 0. The molecular formula is C16H34N2O. The molecule has 3 atom stereocenters. The first-order chi connectivity index (χ1) is 8.81. The molecule has 1 rings (SSSR count). The smallest absolute Gasteiger partial charge is 0.0609 e. The van der Waals surface area contributed by atoms with Gasteiger partial charge in [-0.2, -0.15) is 0 Å². The average Bonchev–Trinajstić information content (AvgIpc) is 2.38. The Balaban J connectivity index is 2.65. The molecule has 0 aromatic heterocycles. The van der Waals surface area contributed by atoms with Gasteiger partial charge in [0.15, 0.2) is 0 Å². The molecule has 3 unspecified atom stereocenters. The van der Waals surface area contributed by atoms with Gasteiger partial charge in [0, 0.05) is 18.1 Å². The highest BCUT2D eigenvalue weighted by Gasteiger charge is 2.34. The fourth-order valence-corrected chi connectivity index (χ4v) is 3.21. The maximum absolute atomic E-state index is 9.50. The molecule has 1 aliphatic rings. The van der Waals surface area contributed by atoms with E-state index in [1.165, 1.54) is 19.3 Å². The highest BCUT2D eigenvalue weighted by molar-refractivity contribution is 4.89. The van der Waals surface area contributed by atoms with E-state index in [2.05, 4.69) is 52.0 Å².